The lowest BCUT2D eigenvalue weighted by molar-refractivity contribution is 0.0421. The van der Waals surface area contributed by atoms with Crippen molar-refractivity contribution >= 4 is 8.45 Å². The quantitative estimate of drug-likeness (QED) is 0.555. The van der Waals surface area contributed by atoms with Crippen LogP contribution in [0.2, 0.25) is 0 Å². The van der Waals surface area contributed by atoms with Gasteiger partial charge in [-0.3, -0.25) is 4.52 Å². The van der Waals surface area contributed by atoms with Crippen LogP contribution in [-0.4, -0.2) is 74.3 Å². The van der Waals surface area contributed by atoms with Crippen LogP contribution < -0.4 is 0 Å². The first kappa shape index (κ1) is 13.2. The fourth-order valence-corrected chi connectivity index (χ4v) is 4.17. The van der Waals surface area contributed by atoms with Crippen molar-refractivity contribution in [3.63, 3.8) is 0 Å². The highest BCUT2D eigenvalue weighted by Gasteiger charge is 2.42. The summed E-state index contributed by atoms with van der Waals surface area (Å²) in [6.45, 7) is 9.04. The van der Waals surface area contributed by atoms with Gasteiger partial charge in [-0.1, -0.05) is 0 Å². The number of morpholine rings is 2. The van der Waals surface area contributed by atoms with E-state index in [0.717, 1.165) is 52.6 Å². The second-order valence-corrected chi connectivity index (χ2v) is 6.55. The maximum atomic E-state index is 6.14. The minimum Gasteiger partial charge on any atom is -0.379 e. The Hall–Kier alpha value is 0.190. The molecular formula is C11H21N2O4P. The Balaban J connectivity index is 1.61. The van der Waals surface area contributed by atoms with E-state index >= 15 is 0 Å². The van der Waals surface area contributed by atoms with Gasteiger partial charge in [0.25, 0.3) is 0 Å². The van der Waals surface area contributed by atoms with E-state index in [1.807, 2.05) is 0 Å². The summed E-state index contributed by atoms with van der Waals surface area (Å²) in [4.78, 5) is 0. The van der Waals surface area contributed by atoms with Crippen LogP contribution in [0, 0.1) is 0 Å². The highest BCUT2D eigenvalue weighted by atomic mass is 31.2. The van der Waals surface area contributed by atoms with Gasteiger partial charge < -0.3 is 14.2 Å². The Morgan fingerprint density at radius 1 is 0.944 bits per heavy atom. The van der Waals surface area contributed by atoms with Gasteiger partial charge in [0.05, 0.1) is 26.4 Å². The number of ether oxygens (including phenoxy) is 3. The molecule has 0 N–H and O–H groups in total. The molecule has 0 aromatic rings. The summed E-state index contributed by atoms with van der Waals surface area (Å²) in [6.07, 6.45) is 0.235. The Labute approximate surface area is 109 Å². The van der Waals surface area contributed by atoms with Crippen molar-refractivity contribution in [3.8, 4) is 0 Å². The summed E-state index contributed by atoms with van der Waals surface area (Å²) < 4.78 is 27.2. The van der Waals surface area contributed by atoms with Gasteiger partial charge in [0.15, 0.2) is 14.7 Å². The zero-order chi connectivity index (χ0) is 12.4. The first-order valence-electron chi connectivity index (χ1n) is 6.62. The molecule has 3 fully saturated rings. The number of rotatable bonds is 4. The third kappa shape index (κ3) is 3.20. The predicted octanol–water partition coefficient (Wildman–Crippen LogP) is 0.639. The molecule has 7 heteroatoms. The normalized spacial score (nSPS) is 35.0. The Morgan fingerprint density at radius 2 is 1.39 bits per heavy atom. The number of epoxide rings is 1. The number of hydrogen-bond donors (Lipinski definition) is 0. The molecule has 0 amide bonds. The maximum Gasteiger partial charge on any atom is 0.190 e. The van der Waals surface area contributed by atoms with E-state index in [2.05, 4.69) is 16.3 Å². The molecule has 3 aliphatic heterocycles. The first-order chi connectivity index (χ1) is 8.84. The third-order valence-corrected chi connectivity index (χ3v) is 5.48. The molecule has 104 valence electrons. The smallest absolute Gasteiger partial charge is 0.190 e. The van der Waals surface area contributed by atoms with Crippen LogP contribution in [0.3, 0.4) is 0 Å². The standard InChI is InChI=1S/C11H21N2O4P/c1-10-11(16-10)17-18(12-2-6-14-7-3-12)13-4-8-15-9-5-13/h10-11H,2-9H2,1H3/t10-,11+/m1/s1. The molecule has 0 spiro atoms. The molecule has 0 aromatic carbocycles. The molecule has 0 saturated carbocycles. The molecule has 0 aromatic heterocycles. The average molecular weight is 276 g/mol. The molecule has 6 nitrogen and oxygen atoms in total. The molecule has 2 atom stereocenters. The van der Waals surface area contributed by atoms with Crippen molar-refractivity contribution in [1.82, 2.24) is 9.34 Å². The summed E-state index contributed by atoms with van der Waals surface area (Å²) in [5.74, 6) is 0. The van der Waals surface area contributed by atoms with Gasteiger partial charge in [-0.25, -0.2) is 9.34 Å². The van der Waals surface area contributed by atoms with Crippen molar-refractivity contribution in [1.29, 1.82) is 0 Å². The van der Waals surface area contributed by atoms with Gasteiger partial charge in [-0.05, 0) is 6.92 Å². The SMILES string of the molecule is C[C@H]1O[C@H]1OP(N1CCOCC1)N1CCOCC1. The lowest BCUT2D eigenvalue weighted by Gasteiger charge is -2.40. The van der Waals surface area contributed by atoms with Crippen LogP contribution in [-0.2, 0) is 18.7 Å². The minimum absolute atomic E-state index is 0.0122. The van der Waals surface area contributed by atoms with E-state index in [1.165, 1.54) is 0 Å². The summed E-state index contributed by atoms with van der Waals surface area (Å²) in [5.41, 5.74) is 0. The van der Waals surface area contributed by atoms with Crippen LogP contribution in [0.5, 0.6) is 0 Å². The van der Waals surface area contributed by atoms with Crippen LogP contribution in [0.15, 0.2) is 0 Å². The topological polar surface area (TPSA) is 46.7 Å². The van der Waals surface area contributed by atoms with Crippen molar-refractivity contribution in [2.45, 2.75) is 19.3 Å². The molecule has 3 aliphatic rings. The van der Waals surface area contributed by atoms with E-state index < -0.39 is 8.45 Å². The fraction of sp³-hybridized carbons (Fsp3) is 1.00. The van der Waals surface area contributed by atoms with Gasteiger partial charge in [-0.15, -0.1) is 0 Å². The highest BCUT2D eigenvalue weighted by Crippen LogP contribution is 2.50. The molecule has 0 aliphatic carbocycles. The highest BCUT2D eigenvalue weighted by molar-refractivity contribution is 7.47. The van der Waals surface area contributed by atoms with E-state index in [0.29, 0.717) is 0 Å². The fourth-order valence-electron chi connectivity index (χ4n) is 2.13. The second kappa shape index (κ2) is 6.09. The number of nitrogens with zero attached hydrogens (tertiary/aromatic N) is 2. The monoisotopic (exact) mass is 276 g/mol. The second-order valence-electron chi connectivity index (χ2n) is 4.70. The molecular weight excluding hydrogens is 255 g/mol. The van der Waals surface area contributed by atoms with Gasteiger partial charge in [0.2, 0.25) is 0 Å². The van der Waals surface area contributed by atoms with Crippen LogP contribution in [0.1, 0.15) is 6.92 Å². The van der Waals surface area contributed by atoms with E-state index in [1.54, 1.807) is 0 Å². The predicted molar refractivity (Wildman–Crippen MR) is 67.1 cm³/mol. The minimum atomic E-state index is -0.719. The Morgan fingerprint density at radius 3 is 1.78 bits per heavy atom. The molecule has 0 bridgehead atoms. The third-order valence-electron chi connectivity index (χ3n) is 3.31. The van der Waals surface area contributed by atoms with Crippen LogP contribution >= 0.6 is 8.45 Å². The van der Waals surface area contributed by atoms with Crippen molar-refractivity contribution in [3.05, 3.63) is 0 Å². The van der Waals surface area contributed by atoms with Gasteiger partial charge in [0.1, 0.15) is 6.10 Å². The first-order valence-corrected chi connectivity index (χ1v) is 7.79. The Bertz CT molecular complexity index is 254. The summed E-state index contributed by atoms with van der Waals surface area (Å²) in [5, 5.41) is 0. The van der Waals surface area contributed by atoms with E-state index in [4.69, 9.17) is 18.7 Å². The summed E-state index contributed by atoms with van der Waals surface area (Å²) >= 11 is 0. The zero-order valence-corrected chi connectivity index (χ0v) is 11.7. The summed E-state index contributed by atoms with van der Waals surface area (Å²) in [7, 11) is -0.719. The summed E-state index contributed by atoms with van der Waals surface area (Å²) in [6, 6.07) is 0. The molecule has 0 radical (unpaired) electrons. The van der Waals surface area contributed by atoms with Crippen molar-refractivity contribution in [2.75, 3.05) is 52.6 Å². The van der Waals surface area contributed by atoms with Crippen molar-refractivity contribution in [2.24, 2.45) is 0 Å². The Kier molecular flexibility index (Phi) is 4.46. The van der Waals surface area contributed by atoms with Gasteiger partial charge in [0, 0.05) is 26.2 Å². The molecule has 0 unspecified atom stereocenters. The van der Waals surface area contributed by atoms with Gasteiger partial charge in [-0.2, -0.15) is 0 Å². The van der Waals surface area contributed by atoms with E-state index in [-0.39, 0.29) is 12.4 Å². The lowest BCUT2D eigenvalue weighted by atomic mass is 10.5. The van der Waals surface area contributed by atoms with Gasteiger partial charge >= 0.3 is 0 Å². The zero-order valence-electron chi connectivity index (χ0n) is 10.8. The molecule has 3 saturated heterocycles. The van der Waals surface area contributed by atoms with Crippen molar-refractivity contribution < 1.29 is 18.7 Å². The number of hydrogen-bond acceptors (Lipinski definition) is 6. The molecule has 3 heterocycles. The van der Waals surface area contributed by atoms with Crippen LogP contribution in [0.25, 0.3) is 0 Å². The van der Waals surface area contributed by atoms with Crippen LogP contribution in [0.4, 0.5) is 0 Å². The lowest BCUT2D eigenvalue weighted by Crippen LogP contribution is -2.41. The maximum absolute atomic E-state index is 6.14. The largest absolute Gasteiger partial charge is 0.379 e. The van der Waals surface area contributed by atoms with E-state index in [9.17, 15) is 0 Å². The molecule has 18 heavy (non-hydrogen) atoms. The molecule has 3 rings (SSSR count). The average Bonchev–Trinajstić information content (AvgIpc) is 3.14.